The number of amides is 1. The second-order valence-electron chi connectivity index (χ2n) is 4.69. The summed E-state index contributed by atoms with van der Waals surface area (Å²) < 4.78 is 5.80. The molecule has 6 nitrogen and oxygen atoms in total. The molecule has 0 radical (unpaired) electrons. The molecule has 0 bridgehead atoms. The number of carbonyl (C=O) groups excluding carboxylic acids is 1. The van der Waals surface area contributed by atoms with Gasteiger partial charge in [0.05, 0.1) is 4.47 Å². The Morgan fingerprint density at radius 2 is 2.16 bits per heavy atom. The SMILES string of the molecule is CC(C)(C)OC(=O)NCCNc1nc(Cl)ncc1Br. The topological polar surface area (TPSA) is 76.1 Å². The lowest BCUT2D eigenvalue weighted by Crippen LogP contribution is -2.35. The molecule has 106 valence electrons. The fourth-order valence-electron chi connectivity index (χ4n) is 1.13. The van der Waals surface area contributed by atoms with Crippen LogP contribution in [-0.2, 0) is 4.74 Å². The van der Waals surface area contributed by atoms with Gasteiger partial charge in [-0.25, -0.2) is 9.78 Å². The van der Waals surface area contributed by atoms with Crippen LogP contribution in [0.15, 0.2) is 10.7 Å². The van der Waals surface area contributed by atoms with E-state index in [1.54, 1.807) is 6.20 Å². The summed E-state index contributed by atoms with van der Waals surface area (Å²) in [5, 5.41) is 5.81. The van der Waals surface area contributed by atoms with Crippen molar-refractivity contribution in [1.29, 1.82) is 0 Å². The molecule has 0 fully saturated rings. The normalized spacial score (nSPS) is 11.0. The second kappa shape index (κ2) is 6.91. The zero-order valence-corrected chi connectivity index (χ0v) is 13.3. The highest BCUT2D eigenvalue weighted by atomic mass is 79.9. The molecule has 0 atom stereocenters. The molecular weight excluding hydrogens is 336 g/mol. The first-order chi connectivity index (χ1) is 8.78. The van der Waals surface area contributed by atoms with Crippen molar-refractivity contribution in [3.05, 3.63) is 16.0 Å². The van der Waals surface area contributed by atoms with Gasteiger partial charge in [0.15, 0.2) is 0 Å². The van der Waals surface area contributed by atoms with Crippen LogP contribution in [-0.4, -0.2) is 34.8 Å². The summed E-state index contributed by atoms with van der Waals surface area (Å²) in [6.07, 6.45) is 1.10. The van der Waals surface area contributed by atoms with Gasteiger partial charge in [-0.2, -0.15) is 4.98 Å². The van der Waals surface area contributed by atoms with Gasteiger partial charge in [-0.05, 0) is 48.3 Å². The lowest BCUT2D eigenvalue weighted by molar-refractivity contribution is 0.0530. The number of alkyl carbamates (subject to hydrolysis) is 1. The quantitative estimate of drug-likeness (QED) is 0.644. The predicted molar refractivity (Wildman–Crippen MR) is 77.5 cm³/mol. The fourth-order valence-corrected chi connectivity index (χ4v) is 1.59. The van der Waals surface area contributed by atoms with Crippen molar-refractivity contribution in [3.63, 3.8) is 0 Å². The molecule has 0 saturated carbocycles. The maximum absolute atomic E-state index is 11.4. The average Bonchev–Trinajstić information content (AvgIpc) is 2.26. The third-order valence-corrected chi connectivity index (χ3v) is 2.56. The van der Waals surface area contributed by atoms with Crippen molar-refractivity contribution in [2.75, 3.05) is 18.4 Å². The van der Waals surface area contributed by atoms with Crippen LogP contribution in [0.3, 0.4) is 0 Å². The van der Waals surface area contributed by atoms with Crippen LogP contribution in [0.4, 0.5) is 10.6 Å². The van der Waals surface area contributed by atoms with E-state index in [1.807, 2.05) is 20.8 Å². The van der Waals surface area contributed by atoms with E-state index < -0.39 is 11.7 Å². The standard InChI is InChI=1S/C11H16BrClN4O2/c1-11(2,3)19-10(18)15-5-4-14-8-7(12)6-16-9(13)17-8/h6H,4-5H2,1-3H3,(H,15,18)(H,14,16,17). The van der Waals surface area contributed by atoms with Crippen LogP contribution in [0.5, 0.6) is 0 Å². The van der Waals surface area contributed by atoms with Crippen molar-refractivity contribution in [2.45, 2.75) is 26.4 Å². The second-order valence-corrected chi connectivity index (χ2v) is 5.88. The first kappa shape index (κ1) is 16.0. The van der Waals surface area contributed by atoms with E-state index in [1.165, 1.54) is 0 Å². The van der Waals surface area contributed by atoms with Crippen LogP contribution >= 0.6 is 27.5 Å². The van der Waals surface area contributed by atoms with Gasteiger partial charge < -0.3 is 15.4 Å². The molecule has 0 aliphatic carbocycles. The number of rotatable bonds is 4. The smallest absolute Gasteiger partial charge is 0.407 e. The number of hydrogen-bond donors (Lipinski definition) is 2. The maximum atomic E-state index is 11.4. The lowest BCUT2D eigenvalue weighted by atomic mass is 10.2. The Hall–Kier alpha value is -1.08. The highest BCUT2D eigenvalue weighted by Gasteiger charge is 2.15. The van der Waals surface area contributed by atoms with Gasteiger partial charge in [-0.3, -0.25) is 0 Å². The molecule has 1 aromatic heterocycles. The fraction of sp³-hybridized carbons (Fsp3) is 0.545. The van der Waals surface area contributed by atoms with Crippen LogP contribution in [0.25, 0.3) is 0 Å². The predicted octanol–water partition coefficient (Wildman–Crippen LogP) is 2.83. The van der Waals surface area contributed by atoms with E-state index in [0.717, 1.165) is 0 Å². The Morgan fingerprint density at radius 1 is 1.47 bits per heavy atom. The number of halogens is 2. The monoisotopic (exact) mass is 350 g/mol. The minimum Gasteiger partial charge on any atom is -0.444 e. The summed E-state index contributed by atoms with van der Waals surface area (Å²) in [6.45, 7) is 6.33. The Kier molecular flexibility index (Phi) is 5.81. The van der Waals surface area contributed by atoms with E-state index in [9.17, 15) is 4.79 Å². The van der Waals surface area contributed by atoms with Crippen LogP contribution in [0.2, 0.25) is 5.28 Å². The van der Waals surface area contributed by atoms with Crippen molar-refractivity contribution in [1.82, 2.24) is 15.3 Å². The summed E-state index contributed by atoms with van der Waals surface area (Å²) in [4.78, 5) is 19.2. The van der Waals surface area contributed by atoms with Gasteiger partial charge in [-0.15, -0.1) is 0 Å². The average molecular weight is 352 g/mol. The maximum Gasteiger partial charge on any atom is 0.407 e. The van der Waals surface area contributed by atoms with E-state index in [2.05, 4.69) is 36.5 Å². The third kappa shape index (κ3) is 6.58. The van der Waals surface area contributed by atoms with E-state index in [0.29, 0.717) is 23.4 Å². The molecule has 0 spiro atoms. The summed E-state index contributed by atoms with van der Waals surface area (Å²) in [5.74, 6) is 0.575. The van der Waals surface area contributed by atoms with Gasteiger partial charge >= 0.3 is 6.09 Å². The molecular formula is C11H16BrClN4O2. The molecule has 8 heteroatoms. The molecule has 0 aromatic carbocycles. The van der Waals surface area contributed by atoms with E-state index in [4.69, 9.17) is 16.3 Å². The Bertz CT molecular complexity index is 451. The highest BCUT2D eigenvalue weighted by molar-refractivity contribution is 9.10. The van der Waals surface area contributed by atoms with Gasteiger partial charge in [0.2, 0.25) is 5.28 Å². The summed E-state index contributed by atoms with van der Waals surface area (Å²) in [5.41, 5.74) is -0.499. The van der Waals surface area contributed by atoms with Gasteiger partial charge in [0.1, 0.15) is 11.4 Å². The molecule has 0 aliphatic rings. The first-order valence-corrected chi connectivity index (χ1v) is 6.84. The number of carbonyl (C=O) groups is 1. The zero-order chi connectivity index (χ0) is 14.5. The summed E-state index contributed by atoms with van der Waals surface area (Å²) >= 11 is 8.97. The molecule has 2 N–H and O–H groups in total. The van der Waals surface area contributed by atoms with Crippen LogP contribution in [0.1, 0.15) is 20.8 Å². The Morgan fingerprint density at radius 3 is 2.79 bits per heavy atom. The molecule has 0 unspecified atom stereocenters. The molecule has 19 heavy (non-hydrogen) atoms. The molecule has 1 heterocycles. The number of nitrogens with one attached hydrogen (secondary N) is 2. The van der Waals surface area contributed by atoms with E-state index in [-0.39, 0.29) is 5.28 Å². The number of nitrogens with zero attached hydrogens (tertiary/aromatic N) is 2. The zero-order valence-electron chi connectivity index (χ0n) is 11.0. The Balaban J connectivity index is 2.31. The molecule has 1 aromatic rings. The minimum absolute atomic E-state index is 0.158. The van der Waals surface area contributed by atoms with Gasteiger partial charge in [0, 0.05) is 19.3 Å². The van der Waals surface area contributed by atoms with Crippen molar-refractivity contribution in [3.8, 4) is 0 Å². The summed E-state index contributed by atoms with van der Waals surface area (Å²) in [7, 11) is 0. The number of hydrogen-bond acceptors (Lipinski definition) is 5. The molecule has 0 aliphatic heterocycles. The molecule has 1 rings (SSSR count). The van der Waals surface area contributed by atoms with Crippen LogP contribution in [0, 0.1) is 0 Å². The van der Waals surface area contributed by atoms with Crippen LogP contribution < -0.4 is 10.6 Å². The number of ether oxygens (including phenoxy) is 1. The molecule has 1 amide bonds. The minimum atomic E-state index is -0.499. The van der Waals surface area contributed by atoms with Gasteiger partial charge in [-0.1, -0.05) is 0 Å². The highest BCUT2D eigenvalue weighted by Crippen LogP contribution is 2.19. The van der Waals surface area contributed by atoms with Crippen molar-refractivity contribution < 1.29 is 9.53 Å². The first-order valence-electron chi connectivity index (χ1n) is 5.67. The largest absolute Gasteiger partial charge is 0.444 e. The number of aromatic nitrogens is 2. The van der Waals surface area contributed by atoms with E-state index >= 15 is 0 Å². The number of anilines is 1. The van der Waals surface area contributed by atoms with Crippen molar-refractivity contribution >= 4 is 39.4 Å². The summed E-state index contributed by atoms with van der Waals surface area (Å²) in [6, 6.07) is 0. The molecule has 0 saturated heterocycles. The Labute approximate surface area is 125 Å². The lowest BCUT2D eigenvalue weighted by Gasteiger charge is -2.19. The van der Waals surface area contributed by atoms with Crippen molar-refractivity contribution in [2.24, 2.45) is 0 Å². The third-order valence-electron chi connectivity index (χ3n) is 1.80. The van der Waals surface area contributed by atoms with Gasteiger partial charge in [0.25, 0.3) is 0 Å².